The molecule has 6 nitrogen and oxygen atoms in total. The lowest BCUT2D eigenvalue weighted by atomic mass is 10.1. The SMILES string of the molecule is CCCN=C(NCCc1ccco1)N(C)Cc1cc(OC)c(OC)cc1C.I. The maximum atomic E-state index is 5.45. The van der Waals surface area contributed by atoms with Gasteiger partial charge in [-0.2, -0.15) is 0 Å². The molecule has 1 aromatic carbocycles. The number of hydrogen-bond donors (Lipinski definition) is 1. The van der Waals surface area contributed by atoms with Gasteiger partial charge in [-0.05, 0) is 48.7 Å². The van der Waals surface area contributed by atoms with E-state index in [0.717, 1.165) is 61.3 Å². The highest BCUT2D eigenvalue weighted by Gasteiger charge is 2.13. The van der Waals surface area contributed by atoms with E-state index in [1.54, 1.807) is 20.5 Å². The summed E-state index contributed by atoms with van der Waals surface area (Å²) in [6.45, 7) is 6.49. The number of aryl methyl sites for hydroxylation is 1. The fourth-order valence-electron chi connectivity index (χ4n) is 2.81. The standard InChI is InChI=1S/C21H31N3O3.HI/c1-6-10-22-21(23-11-9-18-8-7-12-27-18)24(3)15-17-14-20(26-5)19(25-4)13-16(17)2;/h7-8,12-14H,6,9-11,15H2,1-5H3,(H,22,23);1H. The van der Waals surface area contributed by atoms with Crippen LogP contribution in [-0.4, -0.2) is 45.2 Å². The zero-order valence-electron chi connectivity index (χ0n) is 17.4. The zero-order valence-corrected chi connectivity index (χ0v) is 19.8. The summed E-state index contributed by atoms with van der Waals surface area (Å²) in [5.41, 5.74) is 2.33. The van der Waals surface area contributed by atoms with Gasteiger partial charge in [-0.1, -0.05) is 6.92 Å². The smallest absolute Gasteiger partial charge is 0.193 e. The minimum atomic E-state index is 0. The van der Waals surface area contributed by atoms with Crippen molar-refractivity contribution in [2.24, 2.45) is 4.99 Å². The predicted octanol–water partition coefficient (Wildman–Crippen LogP) is 4.25. The minimum absolute atomic E-state index is 0. The van der Waals surface area contributed by atoms with Gasteiger partial charge in [0.15, 0.2) is 17.5 Å². The summed E-state index contributed by atoms with van der Waals surface area (Å²) in [6, 6.07) is 7.94. The van der Waals surface area contributed by atoms with Crippen LogP contribution in [0, 0.1) is 6.92 Å². The molecule has 1 N–H and O–H groups in total. The van der Waals surface area contributed by atoms with Crippen LogP contribution in [0.1, 0.15) is 30.2 Å². The molecule has 0 bridgehead atoms. The second kappa shape index (κ2) is 12.5. The van der Waals surface area contributed by atoms with E-state index in [4.69, 9.17) is 18.9 Å². The largest absolute Gasteiger partial charge is 0.493 e. The van der Waals surface area contributed by atoms with Gasteiger partial charge < -0.3 is 24.1 Å². The number of guanidine groups is 1. The number of nitrogens with zero attached hydrogens (tertiary/aromatic N) is 2. The van der Waals surface area contributed by atoms with Crippen molar-refractivity contribution in [2.45, 2.75) is 33.2 Å². The topological polar surface area (TPSA) is 59.2 Å². The number of ether oxygens (including phenoxy) is 2. The fraction of sp³-hybridized carbons (Fsp3) is 0.476. The second-order valence-electron chi connectivity index (χ2n) is 6.45. The lowest BCUT2D eigenvalue weighted by molar-refractivity contribution is 0.353. The molecular weight excluding hydrogens is 469 g/mol. The molecule has 0 radical (unpaired) electrons. The summed E-state index contributed by atoms with van der Waals surface area (Å²) < 4.78 is 16.2. The Labute approximate surface area is 185 Å². The third-order valence-electron chi connectivity index (χ3n) is 4.33. The molecule has 0 unspecified atom stereocenters. The van der Waals surface area contributed by atoms with Crippen LogP contribution in [-0.2, 0) is 13.0 Å². The molecular formula is C21H32IN3O3. The number of methoxy groups -OCH3 is 2. The summed E-state index contributed by atoms with van der Waals surface area (Å²) in [5.74, 6) is 3.34. The van der Waals surface area contributed by atoms with Gasteiger partial charge in [0, 0.05) is 33.1 Å². The van der Waals surface area contributed by atoms with Gasteiger partial charge in [0.05, 0.1) is 20.5 Å². The first-order valence-electron chi connectivity index (χ1n) is 9.32. The minimum Gasteiger partial charge on any atom is -0.493 e. The molecule has 2 aromatic rings. The normalized spacial score (nSPS) is 11.0. The number of halogens is 1. The van der Waals surface area contributed by atoms with Gasteiger partial charge in [0.2, 0.25) is 0 Å². The molecule has 1 heterocycles. The Bertz CT molecular complexity index is 733. The number of aliphatic imine (C=N–C) groups is 1. The van der Waals surface area contributed by atoms with Crippen molar-refractivity contribution in [1.82, 2.24) is 10.2 Å². The van der Waals surface area contributed by atoms with Crippen LogP contribution in [0.15, 0.2) is 39.9 Å². The maximum Gasteiger partial charge on any atom is 0.193 e. The third kappa shape index (κ3) is 6.92. The summed E-state index contributed by atoms with van der Waals surface area (Å²) in [6.07, 6.45) is 3.53. The Morgan fingerprint density at radius 3 is 2.54 bits per heavy atom. The quantitative estimate of drug-likeness (QED) is 0.316. The summed E-state index contributed by atoms with van der Waals surface area (Å²) >= 11 is 0. The van der Waals surface area contributed by atoms with Crippen LogP contribution in [0.4, 0.5) is 0 Å². The summed E-state index contributed by atoms with van der Waals surface area (Å²) in [7, 11) is 5.36. The Balaban J connectivity index is 0.00000392. The Morgan fingerprint density at radius 1 is 1.21 bits per heavy atom. The average Bonchev–Trinajstić information content (AvgIpc) is 3.19. The second-order valence-corrected chi connectivity index (χ2v) is 6.45. The highest BCUT2D eigenvalue weighted by Crippen LogP contribution is 2.30. The van der Waals surface area contributed by atoms with E-state index in [1.807, 2.05) is 31.3 Å². The highest BCUT2D eigenvalue weighted by atomic mass is 127. The van der Waals surface area contributed by atoms with Gasteiger partial charge in [-0.3, -0.25) is 4.99 Å². The van der Waals surface area contributed by atoms with E-state index in [-0.39, 0.29) is 24.0 Å². The molecule has 0 aliphatic rings. The molecule has 0 amide bonds. The van der Waals surface area contributed by atoms with Crippen LogP contribution in [0.25, 0.3) is 0 Å². The maximum absolute atomic E-state index is 5.45. The first-order chi connectivity index (χ1) is 13.1. The van der Waals surface area contributed by atoms with Crippen molar-refractivity contribution in [2.75, 3.05) is 34.4 Å². The van der Waals surface area contributed by atoms with E-state index < -0.39 is 0 Å². The number of furan rings is 1. The van der Waals surface area contributed by atoms with Gasteiger partial charge in [-0.15, -0.1) is 24.0 Å². The van der Waals surface area contributed by atoms with Crippen molar-refractivity contribution in [3.05, 3.63) is 47.4 Å². The third-order valence-corrected chi connectivity index (χ3v) is 4.33. The van der Waals surface area contributed by atoms with Gasteiger partial charge in [0.25, 0.3) is 0 Å². The van der Waals surface area contributed by atoms with Crippen molar-refractivity contribution in [1.29, 1.82) is 0 Å². The first kappa shape index (κ1) is 24.1. The van der Waals surface area contributed by atoms with Crippen molar-refractivity contribution >= 4 is 29.9 Å². The molecule has 28 heavy (non-hydrogen) atoms. The number of benzene rings is 1. The van der Waals surface area contributed by atoms with E-state index in [2.05, 4.69) is 24.1 Å². The van der Waals surface area contributed by atoms with E-state index in [9.17, 15) is 0 Å². The van der Waals surface area contributed by atoms with Crippen LogP contribution < -0.4 is 14.8 Å². The van der Waals surface area contributed by atoms with Crippen LogP contribution >= 0.6 is 24.0 Å². The molecule has 2 rings (SSSR count). The van der Waals surface area contributed by atoms with Crippen molar-refractivity contribution < 1.29 is 13.9 Å². The monoisotopic (exact) mass is 501 g/mol. The molecule has 0 saturated carbocycles. The Hall–Kier alpha value is -1.90. The molecule has 1 aromatic heterocycles. The van der Waals surface area contributed by atoms with E-state index >= 15 is 0 Å². The molecule has 7 heteroatoms. The molecule has 0 fully saturated rings. The molecule has 0 atom stereocenters. The molecule has 0 saturated heterocycles. The first-order valence-corrected chi connectivity index (χ1v) is 9.32. The zero-order chi connectivity index (χ0) is 19.6. The lowest BCUT2D eigenvalue weighted by Gasteiger charge is -2.24. The van der Waals surface area contributed by atoms with E-state index in [0.29, 0.717) is 0 Å². The fourth-order valence-corrected chi connectivity index (χ4v) is 2.81. The average molecular weight is 501 g/mol. The van der Waals surface area contributed by atoms with Crippen LogP contribution in [0.2, 0.25) is 0 Å². The summed E-state index contributed by atoms with van der Waals surface area (Å²) in [4.78, 5) is 6.84. The Kier molecular flexibility index (Phi) is 10.8. The molecule has 0 spiro atoms. The van der Waals surface area contributed by atoms with Gasteiger partial charge in [0.1, 0.15) is 5.76 Å². The highest BCUT2D eigenvalue weighted by molar-refractivity contribution is 14.0. The molecule has 0 aliphatic carbocycles. The number of rotatable bonds is 9. The lowest BCUT2D eigenvalue weighted by Crippen LogP contribution is -2.39. The van der Waals surface area contributed by atoms with Crippen LogP contribution in [0.5, 0.6) is 11.5 Å². The van der Waals surface area contributed by atoms with Crippen molar-refractivity contribution in [3.63, 3.8) is 0 Å². The van der Waals surface area contributed by atoms with Gasteiger partial charge in [-0.25, -0.2) is 0 Å². The molecule has 0 aliphatic heterocycles. The van der Waals surface area contributed by atoms with Crippen LogP contribution in [0.3, 0.4) is 0 Å². The van der Waals surface area contributed by atoms with Crippen molar-refractivity contribution in [3.8, 4) is 11.5 Å². The predicted molar refractivity (Wildman–Crippen MR) is 124 cm³/mol. The summed E-state index contributed by atoms with van der Waals surface area (Å²) in [5, 5.41) is 3.44. The molecule has 156 valence electrons. The Morgan fingerprint density at radius 2 is 1.93 bits per heavy atom. The van der Waals surface area contributed by atoms with Gasteiger partial charge >= 0.3 is 0 Å². The number of hydrogen-bond acceptors (Lipinski definition) is 4. The van der Waals surface area contributed by atoms with E-state index in [1.165, 1.54) is 5.56 Å². The number of nitrogens with one attached hydrogen (secondary N) is 1.